The molecule has 0 saturated heterocycles. The number of halogens is 1. The Hall–Kier alpha value is -1.29. The minimum atomic E-state index is -1.40. The number of pyridine rings is 1. The molecule has 0 radical (unpaired) electrons. The van der Waals surface area contributed by atoms with Crippen LogP contribution in [0.25, 0.3) is 0 Å². The highest BCUT2D eigenvalue weighted by molar-refractivity contribution is 6.30. The molecule has 1 rings (SSSR count). The molecule has 0 unspecified atom stereocenters. The minimum Gasteiger partial charge on any atom is -0.449 e. The molecule has 1 aromatic rings. The van der Waals surface area contributed by atoms with Crippen molar-refractivity contribution in [3.05, 3.63) is 23.5 Å². The smallest absolute Gasteiger partial charge is 0.449 e. The van der Waals surface area contributed by atoms with Crippen molar-refractivity contribution in [2.75, 3.05) is 0 Å². The van der Waals surface area contributed by atoms with Crippen LogP contribution < -0.4 is 4.74 Å². The Morgan fingerprint density at radius 1 is 1.73 bits per heavy atom. The Kier molecular flexibility index (Phi) is 2.28. The average Bonchev–Trinajstić information content (AvgIpc) is 1.93. The monoisotopic (exact) mass is 173 g/mol. The zero-order valence-electron chi connectivity index (χ0n) is 5.32. The lowest BCUT2D eigenvalue weighted by molar-refractivity contribution is 0.144. The maximum atomic E-state index is 10.0. The second kappa shape index (κ2) is 3.21. The summed E-state index contributed by atoms with van der Waals surface area (Å²) in [7, 11) is 0. The summed E-state index contributed by atoms with van der Waals surface area (Å²) in [5, 5.41) is 8.22. The van der Waals surface area contributed by atoms with E-state index in [4.69, 9.17) is 16.7 Å². The molecular weight excluding hydrogens is 170 g/mol. The van der Waals surface area contributed by atoms with Crippen LogP contribution in [0.5, 0.6) is 5.75 Å². The van der Waals surface area contributed by atoms with Gasteiger partial charge < -0.3 is 9.84 Å². The van der Waals surface area contributed by atoms with Gasteiger partial charge >= 0.3 is 6.16 Å². The third kappa shape index (κ3) is 2.09. The zero-order chi connectivity index (χ0) is 8.27. The number of rotatable bonds is 1. The predicted molar refractivity (Wildman–Crippen MR) is 37.9 cm³/mol. The van der Waals surface area contributed by atoms with Gasteiger partial charge in [-0.3, -0.25) is 0 Å². The fourth-order valence-electron chi connectivity index (χ4n) is 0.541. The van der Waals surface area contributed by atoms with E-state index in [0.29, 0.717) is 0 Å². The molecule has 0 aliphatic rings. The van der Waals surface area contributed by atoms with Crippen molar-refractivity contribution in [1.82, 2.24) is 4.98 Å². The van der Waals surface area contributed by atoms with E-state index in [1.165, 1.54) is 18.3 Å². The lowest BCUT2D eigenvalue weighted by Crippen LogP contribution is -2.03. The number of hydrogen-bond acceptors (Lipinski definition) is 3. The largest absolute Gasteiger partial charge is 0.511 e. The third-order valence-corrected chi connectivity index (χ3v) is 1.21. The van der Waals surface area contributed by atoms with E-state index in [0.717, 1.165) is 0 Å². The van der Waals surface area contributed by atoms with E-state index in [2.05, 4.69) is 9.72 Å². The normalized spacial score (nSPS) is 9.18. The van der Waals surface area contributed by atoms with E-state index < -0.39 is 6.16 Å². The van der Waals surface area contributed by atoms with Gasteiger partial charge in [-0.15, -0.1) is 0 Å². The van der Waals surface area contributed by atoms with Gasteiger partial charge in [0, 0.05) is 6.20 Å². The average molecular weight is 174 g/mol. The fourth-order valence-corrected chi connectivity index (χ4v) is 0.699. The first kappa shape index (κ1) is 7.81. The summed E-state index contributed by atoms with van der Waals surface area (Å²) in [4.78, 5) is 13.6. The van der Waals surface area contributed by atoms with Crippen molar-refractivity contribution < 1.29 is 14.6 Å². The van der Waals surface area contributed by atoms with Gasteiger partial charge in [0.25, 0.3) is 0 Å². The Morgan fingerprint density at radius 2 is 2.45 bits per heavy atom. The Balaban J connectivity index is 2.86. The van der Waals surface area contributed by atoms with Crippen LogP contribution in [0.3, 0.4) is 0 Å². The van der Waals surface area contributed by atoms with Gasteiger partial charge in [0.15, 0.2) is 10.9 Å². The summed E-state index contributed by atoms with van der Waals surface area (Å²) in [6.45, 7) is 0. The molecule has 0 bridgehead atoms. The molecule has 0 aliphatic carbocycles. The van der Waals surface area contributed by atoms with Crippen LogP contribution in [0.4, 0.5) is 4.79 Å². The lowest BCUT2D eigenvalue weighted by Gasteiger charge is -1.98. The quantitative estimate of drug-likeness (QED) is 0.520. The van der Waals surface area contributed by atoms with Crippen LogP contribution in [0.2, 0.25) is 5.15 Å². The molecule has 1 heterocycles. The van der Waals surface area contributed by atoms with Crippen LogP contribution >= 0.6 is 11.6 Å². The van der Waals surface area contributed by atoms with Crippen LogP contribution in [0.15, 0.2) is 18.3 Å². The SMILES string of the molecule is O=C(O)Oc1cccnc1Cl. The molecule has 4 nitrogen and oxygen atoms in total. The molecule has 1 N–H and O–H groups in total. The van der Waals surface area contributed by atoms with Crippen molar-refractivity contribution >= 4 is 17.8 Å². The highest BCUT2D eigenvalue weighted by Crippen LogP contribution is 2.19. The van der Waals surface area contributed by atoms with E-state index in [1.54, 1.807) is 0 Å². The lowest BCUT2D eigenvalue weighted by atomic mass is 10.5. The number of carboxylic acid groups (broad SMARTS) is 1. The second-order valence-corrected chi connectivity index (χ2v) is 2.02. The van der Waals surface area contributed by atoms with Crippen molar-refractivity contribution in [3.8, 4) is 5.75 Å². The topological polar surface area (TPSA) is 59.4 Å². The van der Waals surface area contributed by atoms with E-state index in [9.17, 15) is 4.79 Å². The molecule has 0 atom stereocenters. The molecule has 5 heteroatoms. The first-order valence-electron chi connectivity index (χ1n) is 2.71. The van der Waals surface area contributed by atoms with E-state index in [-0.39, 0.29) is 10.9 Å². The molecule has 0 aliphatic heterocycles. The van der Waals surface area contributed by atoms with Crippen molar-refractivity contribution in [3.63, 3.8) is 0 Å². The van der Waals surface area contributed by atoms with Crippen LogP contribution in [0.1, 0.15) is 0 Å². The van der Waals surface area contributed by atoms with E-state index >= 15 is 0 Å². The maximum absolute atomic E-state index is 10.0. The first-order chi connectivity index (χ1) is 5.20. The molecule has 0 saturated carbocycles. The number of hydrogen-bond donors (Lipinski definition) is 1. The molecule has 0 amide bonds. The summed E-state index contributed by atoms with van der Waals surface area (Å²) in [5.74, 6) is 0.0432. The standard InChI is InChI=1S/C6H4ClNO3/c7-5-4(11-6(9)10)2-1-3-8-5/h1-3H,(H,9,10). The minimum absolute atomic E-state index is 0.0369. The Bertz CT molecular complexity index is 276. The summed E-state index contributed by atoms with van der Waals surface area (Å²) < 4.78 is 4.27. The third-order valence-electron chi connectivity index (χ3n) is 0.922. The summed E-state index contributed by atoms with van der Waals surface area (Å²) in [5.41, 5.74) is 0. The molecular formula is C6H4ClNO3. The van der Waals surface area contributed by atoms with Crippen LogP contribution in [0, 0.1) is 0 Å². The Morgan fingerprint density at radius 3 is 3.00 bits per heavy atom. The van der Waals surface area contributed by atoms with Crippen molar-refractivity contribution in [1.29, 1.82) is 0 Å². The number of nitrogens with zero attached hydrogens (tertiary/aromatic N) is 1. The summed E-state index contributed by atoms with van der Waals surface area (Å²) in [6, 6.07) is 2.95. The second-order valence-electron chi connectivity index (χ2n) is 1.66. The predicted octanol–water partition coefficient (Wildman–Crippen LogP) is 1.79. The fraction of sp³-hybridized carbons (Fsp3) is 0. The molecule has 0 fully saturated rings. The highest BCUT2D eigenvalue weighted by Gasteiger charge is 2.04. The Labute approximate surface area is 67.4 Å². The van der Waals surface area contributed by atoms with Gasteiger partial charge in [-0.1, -0.05) is 11.6 Å². The number of ether oxygens (including phenoxy) is 1. The number of aromatic nitrogens is 1. The molecule has 1 aromatic heterocycles. The van der Waals surface area contributed by atoms with Crippen LogP contribution in [-0.2, 0) is 0 Å². The van der Waals surface area contributed by atoms with Crippen molar-refractivity contribution in [2.24, 2.45) is 0 Å². The van der Waals surface area contributed by atoms with Gasteiger partial charge in [0.1, 0.15) is 0 Å². The van der Waals surface area contributed by atoms with Gasteiger partial charge in [-0.25, -0.2) is 9.78 Å². The molecule has 0 spiro atoms. The van der Waals surface area contributed by atoms with Crippen LogP contribution in [-0.4, -0.2) is 16.2 Å². The van der Waals surface area contributed by atoms with E-state index in [1.807, 2.05) is 0 Å². The van der Waals surface area contributed by atoms with Crippen molar-refractivity contribution in [2.45, 2.75) is 0 Å². The highest BCUT2D eigenvalue weighted by atomic mass is 35.5. The zero-order valence-corrected chi connectivity index (χ0v) is 6.08. The maximum Gasteiger partial charge on any atom is 0.511 e. The molecule has 58 valence electrons. The molecule has 0 aromatic carbocycles. The van der Waals surface area contributed by atoms with Gasteiger partial charge in [-0.05, 0) is 12.1 Å². The number of carbonyl (C=O) groups is 1. The van der Waals surface area contributed by atoms with Gasteiger partial charge in [-0.2, -0.15) is 0 Å². The first-order valence-corrected chi connectivity index (χ1v) is 3.09. The summed E-state index contributed by atoms with van der Waals surface area (Å²) >= 11 is 5.47. The summed E-state index contributed by atoms with van der Waals surface area (Å²) in [6.07, 6.45) is 0.0386. The molecule has 11 heavy (non-hydrogen) atoms. The van der Waals surface area contributed by atoms with Gasteiger partial charge in [0.2, 0.25) is 0 Å². The van der Waals surface area contributed by atoms with Gasteiger partial charge in [0.05, 0.1) is 0 Å².